The Labute approximate surface area is 161 Å². The number of nitrogens with zero attached hydrogens (tertiary/aromatic N) is 2. The van der Waals surface area contributed by atoms with Crippen LogP contribution in [0.5, 0.6) is 0 Å². The number of rotatable bonds is 3. The molecule has 4 unspecified atom stereocenters. The number of carbonyl (C=O) groups is 1. The van der Waals surface area contributed by atoms with E-state index in [1.54, 1.807) is 11.1 Å². The first kappa shape index (κ1) is 17.1. The molecule has 2 N–H and O–H groups in total. The van der Waals surface area contributed by atoms with Gasteiger partial charge >= 0.3 is 0 Å². The lowest BCUT2D eigenvalue weighted by Crippen LogP contribution is -2.51. The summed E-state index contributed by atoms with van der Waals surface area (Å²) in [5.41, 5.74) is 3.23. The van der Waals surface area contributed by atoms with Crippen molar-refractivity contribution >= 4 is 11.9 Å². The highest BCUT2D eigenvalue weighted by Gasteiger charge is 2.55. The van der Waals surface area contributed by atoms with E-state index in [1.807, 2.05) is 0 Å². The molecule has 0 aromatic heterocycles. The molecule has 4 aliphatic rings. The Morgan fingerprint density at radius 1 is 1.41 bits per heavy atom. The van der Waals surface area contributed by atoms with E-state index in [1.165, 1.54) is 6.42 Å². The summed E-state index contributed by atoms with van der Waals surface area (Å²) in [7, 11) is 0. The van der Waals surface area contributed by atoms with Crippen LogP contribution < -0.4 is 10.6 Å². The first-order valence-corrected chi connectivity index (χ1v) is 10.6. The topological polar surface area (TPSA) is 56.7 Å². The molecule has 2 aliphatic carbocycles. The Kier molecular flexibility index (Phi) is 4.14. The maximum absolute atomic E-state index is 11.8. The second-order valence-electron chi connectivity index (χ2n) is 8.93. The molecular weight excluding hydrogens is 336 g/mol. The largest absolute Gasteiger partial charge is 0.357 e. The van der Waals surface area contributed by atoms with Gasteiger partial charge in [-0.1, -0.05) is 24.3 Å². The van der Waals surface area contributed by atoms with Crippen LogP contribution in [0.3, 0.4) is 0 Å². The number of aliphatic imine (C=N–C) groups is 1. The summed E-state index contributed by atoms with van der Waals surface area (Å²) in [6, 6.07) is 8.94. The van der Waals surface area contributed by atoms with Gasteiger partial charge in [-0.3, -0.25) is 9.79 Å². The number of carbonyl (C=O) groups excluding carboxylic acids is 1. The Morgan fingerprint density at radius 2 is 2.30 bits per heavy atom. The molecule has 144 valence electrons. The zero-order chi connectivity index (χ0) is 18.4. The SMILES string of the molecule is CCNC(=NCC1C2Cc3ccccc3C12)N1CCCC2(CNC(=O)C2)C1. The Morgan fingerprint density at radius 3 is 3.11 bits per heavy atom. The van der Waals surface area contributed by atoms with Crippen LogP contribution in [-0.4, -0.2) is 49.5 Å². The van der Waals surface area contributed by atoms with Gasteiger partial charge in [-0.05, 0) is 55.1 Å². The lowest BCUT2D eigenvalue weighted by atomic mass is 9.79. The fourth-order valence-electron chi connectivity index (χ4n) is 5.78. The molecule has 1 saturated carbocycles. The quantitative estimate of drug-likeness (QED) is 0.637. The molecule has 1 spiro atoms. The average molecular weight is 367 g/mol. The predicted octanol–water partition coefficient (Wildman–Crippen LogP) is 2.14. The van der Waals surface area contributed by atoms with Gasteiger partial charge in [0.1, 0.15) is 0 Å². The Bertz CT molecular complexity index is 775. The fourth-order valence-corrected chi connectivity index (χ4v) is 5.78. The standard InChI is InChI=1S/C22H30N4O/c1-2-23-21(26-9-5-8-22(14-26)11-19(27)25-13-22)24-12-18-17-10-15-6-3-4-7-16(15)20(17)18/h3-4,6-7,17-18,20H,2,5,8-14H2,1H3,(H,23,24)(H,25,27). The second-order valence-corrected chi connectivity index (χ2v) is 8.93. The molecule has 0 bridgehead atoms. The zero-order valence-electron chi connectivity index (χ0n) is 16.2. The lowest BCUT2D eigenvalue weighted by Gasteiger charge is -2.40. The fraction of sp³-hybridized carbons (Fsp3) is 0.636. The molecule has 5 nitrogen and oxygen atoms in total. The van der Waals surface area contributed by atoms with Crippen LogP contribution in [0.15, 0.2) is 29.3 Å². The highest BCUT2D eigenvalue weighted by molar-refractivity contribution is 5.81. The molecule has 1 amide bonds. The number of nitrogens with one attached hydrogen (secondary N) is 2. The molecular formula is C22H30N4O. The van der Waals surface area contributed by atoms with E-state index in [4.69, 9.17) is 4.99 Å². The number of piperidine rings is 1. The van der Waals surface area contributed by atoms with Crippen molar-refractivity contribution in [3.63, 3.8) is 0 Å². The van der Waals surface area contributed by atoms with Crippen molar-refractivity contribution in [3.8, 4) is 0 Å². The summed E-state index contributed by atoms with van der Waals surface area (Å²) in [6.07, 6.45) is 4.19. The summed E-state index contributed by atoms with van der Waals surface area (Å²) in [6.45, 7) is 6.76. The number of fused-ring (bicyclic) bond motifs is 3. The highest BCUT2D eigenvalue weighted by atomic mass is 16.1. The minimum absolute atomic E-state index is 0.112. The summed E-state index contributed by atoms with van der Waals surface area (Å²) >= 11 is 0. The monoisotopic (exact) mass is 366 g/mol. The molecule has 5 heteroatoms. The van der Waals surface area contributed by atoms with E-state index < -0.39 is 0 Å². The smallest absolute Gasteiger partial charge is 0.220 e. The van der Waals surface area contributed by atoms with Crippen LogP contribution in [-0.2, 0) is 11.2 Å². The van der Waals surface area contributed by atoms with Crippen LogP contribution in [0.1, 0.15) is 43.2 Å². The summed E-state index contributed by atoms with van der Waals surface area (Å²) in [5, 5.41) is 6.55. The van der Waals surface area contributed by atoms with Crippen LogP contribution in [0, 0.1) is 17.3 Å². The van der Waals surface area contributed by atoms with E-state index in [9.17, 15) is 4.79 Å². The zero-order valence-corrected chi connectivity index (χ0v) is 16.2. The van der Waals surface area contributed by atoms with Crippen molar-refractivity contribution in [2.45, 2.75) is 38.5 Å². The van der Waals surface area contributed by atoms with Gasteiger partial charge in [0, 0.05) is 44.6 Å². The predicted molar refractivity (Wildman–Crippen MR) is 107 cm³/mol. The highest BCUT2D eigenvalue weighted by Crippen LogP contribution is 2.61. The van der Waals surface area contributed by atoms with Crippen molar-refractivity contribution in [3.05, 3.63) is 35.4 Å². The van der Waals surface area contributed by atoms with Gasteiger partial charge in [-0.2, -0.15) is 0 Å². The van der Waals surface area contributed by atoms with Crippen molar-refractivity contribution in [2.75, 3.05) is 32.7 Å². The maximum Gasteiger partial charge on any atom is 0.220 e. The molecule has 1 aromatic carbocycles. The maximum atomic E-state index is 11.8. The van der Waals surface area contributed by atoms with Crippen LogP contribution in [0.4, 0.5) is 0 Å². The van der Waals surface area contributed by atoms with Gasteiger partial charge in [0.15, 0.2) is 5.96 Å². The van der Waals surface area contributed by atoms with Gasteiger partial charge < -0.3 is 15.5 Å². The molecule has 4 atom stereocenters. The van der Waals surface area contributed by atoms with Crippen LogP contribution in [0.25, 0.3) is 0 Å². The molecule has 3 fully saturated rings. The van der Waals surface area contributed by atoms with E-state index in [0.29, 0.717) is 12.3 Å². The normalized spacial score (nSPS) is 34.4. The van der Waals surface area contributed by atoms with Crippen molar-refractivity contribution in [1.29, 1.82) is 0 Å². The third kappa shape index (κ3) is 3.01. The first-order valence-electron chi connectivity index (χ1n) is 10.6. The Hall–Kier alpha value is -2.04. The third-order valence-corrected chi connectivity index (χ3v) is 7.15. The number of hydrogen-bond acceptors (Lipinski definition) is 2. The van der Waals surface area contributed by atoms with Gasteiger partial charge in [-0.15, -0.1) is 0 Å². The van der Waals surface area contributed by atoms with Gasteiger partial charge in [0.25, 0.3) is 0 Å². The molecule has 2 aliphatic heterocycles. The van der Waals surface area contributed by atoms with Crippen molar-refractivity contribution in [2.24, 2.45) is 22.2 Å². The van der Waals surface area contributed by atoms with Crippen molar-refractivity contribution < 1.29 is 4.79 Å². The van der Waals surface area contributed by atoms with Crippen LogP contribution in [0.2, 0.25) is 0 Å². The molecule has 2 saturated heterocycles. The minimum Gasteiger partial charge on any atom is -0.357 e. The number of hydrogen-bond donors (Lipinski definition) is 2. The number of benzene rings is 1. The molecule has 2 heterocycles. The van der Waals surface area contributed by atoms with E-state index in [2.05, 4.69) is 46.7 Å². The van der Waals surface area contributed by atoms with E-state index >= 15 is 0 Å². The molecule has 1 aromatic rings. The minimum atomic E-state index is 0.112. The first-order chi connectivity index (χ1) is 13.2. The summed E-state index contributed by atoms with van der Waals surface area (Å²) < 4.78 is 0. The van der Waals surface area contributed by atoms with Crippen LogP contribution >= 0.6 is 0 Å². The number of amides is 1. The van der Waals surface area contributed by atoms with Crippen molar-refractivity contribution in [1.82, 2.24) is 15.5 Å². The summed E-state index contributed by atoms with van der Waals surface area (Å²) in [5.74, 6) is 3.51. The summed E-state index contributed by atoms with van der Waals surface area (Å²) in [4.78, 5) is 19.2. The van der Waals surface area contributed by atoms with Gasteiger partial charge in [-0.25, -0.2) is 0 Å². The molecule has 5 rings (SSSR count). The number of guanidine groups is 1. The third-order valence-electron chi connectivity index (χ3n) is 7.15. The Balaban J connectivity index is 1.27. The van der Waals surface area contributed by atoms with Gasteiger partial charge in [0.05, 0.1) is 0 Å². The van der Waals surface area contributed by atoms with E-state index in [0.717, 1.165) is 63.4 Å². The van der Waals surface area contributed by atoms with E-state index in [-0.39, 0.29) is 11.3 Å². The molecule has 27 heavy (non-hydrogen) atoms. The van der Waals surface area contributed by atoms with Gasteiger partial charge in [0.2, 0.25) is 5.91 Å². The lowest BCUT2D eigenvalue weighted by molar-refractivity contribution is -0.119. The number of likely N-dealkylation sites (tertiary alicyclic amines) is 1. The average Bonchev–Trinajstić information content (AvgIpc) is 3.02. The second kappa shape index (κ2) is 6.54. The molecule has 0 radical (unpaired) electrons.